The fraction of sp³-hybridized carbons (Fsp3) is 0.639. The number of carbonyl (C=O) groups is 3. The lowest BCUT2D eigenvalue weighted by Gasteiger charge is -2.40. The number of benzene rings is 1. The van der Waals surface area contributed by atoms with E-state index < -0.39 is 43.9 Å². The lowest BCUT2D eigenvalue weighted by molar-refractivity contribution is -0.145. The number of hydrogen-bond acceptors (Lipinski definition) is 8. The van der Waals surface area contributed by atoms with Crippen molar-refractivity contribution in [3.63, 3.8) is 0 Å². The van der Waals surface area contributed by atoms with Gasteiger partial charge in [-0.3, -0.25) is 0 Å². The Morgan fingerprint density at radius 1 is 1.12 bits per heavy atom. The zero-order valence-electron chi connectivity index (χ0n) is 30.2. The van der Waals surface area contributed by atoms with Crippen LogP contribution in [0.2, 0.25) is 25.7 Å². The monoisotopic (exact) mass is 701 g/mol. The smallest absolute Gasteiger partial charge is 0.407 e. The summed E-state index contributed by atoms with van der Waals surface area (Å²) in [6.45, 7) is 15.9. The van der Waals surface area contributed by atoms with Gasteiger partial charge in [0.2, 0.25) is 0 Å². The van der Waals surface area contributed by atoms with E-state index in [1.54, 1.807) is 27.7 Å². The van der Waals surface area contributed by atoms with E-state index in [9.17, 15) is 19.5 Å². The molecule has 12 nitrogen and oxygen atoms in total. The molecule has 1 aromatic carbocycles. The molecule has 1 aliphatic heterocycles. The average molecular weight is 702 g/mol. The number of piperidine rings is 1. The van der Waals surface area contributed by atoms with Gasteiger partial charge in [0.1, 0.15) is 18.1 Å². The number of aromatic nitrogens is 1. The van der Waals surface area contributed by atoms with Crippen molar-refractivity contribution in [3.05, 3.63) is 36.0 Å². The van der Waals surface area contributed by atoms with Crippen LogP contribution in [-0.4, -0.2) is 97.6 Å². The molecule has 3 atom stereocenters. The van der Waals surface area contributed by atoms with Crippen LogP contribution in [0.5, 0.6) is 5.75 Å². The Bertz CT molecular complexity index is 1480. The lowest BCUT2D eigenvalue weighted by atomic mass is 9.90. The number of nitrogens with zero attached hydrogens (tertiary/aromatic N) is 2. The predicted octanol–water partition coefficient (Wildman–Crippen LogP) is 6.88. The van der Waals surface area contributed by atoms with Gasteiger partial charge in [0.15, 0.2) is 6.61 Å². The number of carboxylic acid groups (broad SMARTS) is 1. The molecule has 13 heteroatoms. The van der Waals surface area contributed by atoms with Gasteiger partial charge in [-0.2, -0.15) is 0 Å². The van der Waals surface area contributed by atoms with Gasteiger partial charge in [-0.25, -0.2) is 14.4 Å². The molecule has 4 rings (SSSR count). The van der Waals surface area contributed by atoms with E-state index in [0.29, 0.717) is 51.3 Å². The topological polar surface area (TPSA) is 138 Å². The molecule has 2 aliphatic rings. The van der Waals surface area contributed by atoms with E-state index in [1.165, 1.54) is 4.90 Å². The first-order chi connectivity index (χ1) is 23.1. The highest BCUT2D eigenvalue weighted by Crippen LogP contribution is 2.37. The van der Waals surface area contributed by atoms with Gasteiger partial charge in [-0.15, -0.1) is 0 Å². The van der Waals surface area contributed by atoms with Crippen molar-refractivity contribution < 1.29 is 43.2 Å². The van der Waals surface area contributed by atoms with E-state index in [0.717, 1.165) is 34.5 Å². The van der Waals surface area contributed by atoms with Gasteiger partial charge in [0, 0.05) is 44.4 Å². The van der Waals surface area contributed by atoms with Crippen LogP contribution in [-0.2, 0) is 30.5 Å². The number of amides is 2. The van der Waals surface area contributed by atoms with Crippen LogP contribution in [0.25, 0.3) is 16.5 Å². The summed E-state index contributed by atoms with van der Waals surface area (Å²) in [4.78, 5) is 38.2. The Balaban J connectivity index is 1.47. The molecule has 2 aromatic rings. The van der Waals surface area contributed by atoms with Gasteiger partial charge in [0.05, 0.1) is 36.9 Å². The minimum Gasteiger partial charge on any atom is -0.481 e. The molecular weight excluding hydrogens is 646 g/mol. The lowest BCUT2D eigenvalue weighted by Crippen LogP contribution is -2.59. The van der Waals surface area contributed by atoms with Crippen molar-refractivity contribution in [3.8, 4) is 5.75 Å². The van der Waals surface area contributed by atoms with E-state index >= 15 is 0 Å². The molecule has 2 amide bonds. The second-order valence-corrected chi connectivity index (χ2v) is 20.7. The molecule has 1 aliphatic carbocycles. The second kappa shape index (κ2) is 16.9. The van der Waals surface area contributed by atoms with Crippen molar-refractivity contribution in [1.82, 2.24) is 14.8 Å². The third kappa shape index (κ3) is 11.5. The number of hydrogen-bond donors (Lipinski definition) is 2. The molecule has 2 N–H and O–H groups in total. The van der Waals surface area contributed by atoms with E-state index in [4.69, 9.17) is 23.7 Å². The van der Waals surface area contributed by atoms with Crippen molar-refractivity contribution in [2.24, 2.45) is 0 Å². The number of esters is 1. The number of likely N-dealkylation sites (tertiary alicyclic amines) is 1. The number of rotatable bonds is 14. The summed E-state index contributed by atoms with van der Waals surface area (Å²) in [5.74, 6) is 0.172. The molecule has 1 aromatic heterocycles. The van der Waals surface area contributed by atoms with Crippen molar-refractivity contribution in [1.29, 1.82) is 0 Å². The summed E-state index contributed by atoms with van der Waals surface area (Å²) in [5.41, 5.74) is 2.30. The molecule has 0 radical (unpaired) electrons. The molecule has 1 saturated heterocycles. The van der Waals surface area contributed by atoms with E-state index in [-0.39, 0.29) is 25.9 Å². The number of carbonyl (C=O) groups excluding carboxylic acids is 2. The third-order valence-electron chi connectivity index (χ3n) is 8.69. The molecule has 0 spiro atoms. The van der Waals surface area contributed by atoms with Crippen molar-refractivity contribution in [2.75, 3.05) is 33.0 Å². The summed E-state index contributed by atoms with van der Waals surface area (Å²) in [6, 6.07) is 6.27. The highest BCUT2D eigenvalue weighted by Gasteiger charge is 2.37. The number of alkyl carbamates (subject to hydrolysis) is 1. The Morgan fingerprint density at radius 2 is 1.90 bits per heavy atom. The van der Waals surface area contributed by atoms with Crippen molar-refractivity contribution >= 4 is 42.7 Å². The van der Waals surface area contributed by atoms with Gasteiger partial charge in [-0.05, 0) is 83.5 Å². The SMILES string of the molecule is CCOC(=O)COc1cc2c(ccn2COCC[Si](C)(C)C)cc1C1=CCC(OCC2C(NC(=O)OC(C)(C)C)CCCN2C(=O)O)CC1. The fourth-order valence-corrected chi connectivity index (χ4v) is 6.91. The Labute approximate surface area is 291 Å². The molecule has 49 heavy (non-hydrogen) atoms. The summed E-state index contributed by atoms with van der Waals surface area (Å²) < 4.78 is 31.0. The zero-order valence-corrected chi connectivity index (χ0v) is 31.2. The molecule has 3 unspecified atom stereocenters. The standard InChI is InChI=1S/C36H55N3O9Si/c1-8-45-33(40)23-47-32-21-30-26(15-17-38(30)24-44-18-19-49(5,6)7)20-28(32)25-11-13-27(14-12-25)46-22-31-29(10-9-16-39(31)35(42)43)37-34(41)48-36(2,3)4/h11,15,17,20-21,27,29,31H,8-10,12-14,16,18-19,22-24H2,1-7H3,(H,37,41)(H,42,43). The first-order valence-electron chi connectivity index (χ1n) is 17.4. The summed E-state index contributed by atoms with van der Waals surface area (Å²) in [5, 5.41) is 13.8. The molecule has 0 bridgehead atoms. The Hall–Kier alpha value is -3.55. The summed E-state index contributed by atoms with van der Waals surface area (Å²) in [6.07, 6.45) is 5.75. The van der Waals surface area contributed by atoms with Gasteiger partial charge < -0.3 is 43.6 Å². The molecule has 272 valence electrons. The summed E-state index contributed by atoms with van der Waals surface area (Å²) >= 11 is 0. The van der Waals surface area contributed by atoms with E-state index in [1.807, 2.05) is 12.3 Å². The van der Waals surface area contributed by atoms with Crippen LogP contribution < -0.4 is 10.1 Å². The van der Waals surface area contributed by atoms with Crippen LogP contribution >= 0.6 is 0 Å². The van der Waals surface area contributed by atoms with Crippen LogP contribution in [0.15, 0.2) is 30.5 Å². The van der Waals surface area contributed by atoms with Crippen LogP contribution in [0.1, 0.15) is 65.4 Å². The van der Waals surface area contributed by atoms with Crippen LogP contribution in [0.4, 0.5) is 9.59 Å². The van der Waals surface area contributed by atoms with Crippen molar-refractivity contribution in [2.45, 2.75) is 116 Å². The number of ether oxygens (including phenoxy) is 5. The largest absolute Gasteiger partial charge is 0.481 e. The minimum absolute atomic E-state index is 0.120. The minimum atomic E-state index is -1.20. The first-order valence-corrected chi connectivity index (χ1v) is 21.1. The maximum absolute atomic E-state index is 12.6. The average Bonchev–Trinajstić information content (AvgIpc) is 3.41. The number of fused-ring (bicyclic) bond motifs is 1. The van der Waals surface area contributed by atoms with Crippen LogP contribution in [0, 0.1) is 0 Å². The van der Waals surface area contributed by atoms with Crippen LogP contribution in [0.3, 0.4) is 0 Å². The predicted molar refractivity (Wildman–Crippen MR) is 191 cm³/mol. The molecule has 0 saturated carbocycles. The Morgan fingerprint density at radius 3 is 2.55 bits per heavy atom. The third-order valence-corrected chi connectivity index (χ3v) is 10.4. The first kappa shape index (κ1) is 38.3. The highest BCUT2D eigenvalue weighted by atomic mass is 28.3. The second-order valence-electron chi connectivity index (χ2n) is 15.0. The number of allylic oxidation sites excluding steroid dienone is 1. The molecule has 1 fully saturated rings. The molecule has 2 heterocycles. The zero-order chi connectivity index (χ0) is 35.8. The maximum atomic E-state index is 12.6. The normalized spacial score (nSPS) is 20.1. The summed E-state index contributed by atoms with van der Waals surface area (Å²) in [7, 11) is -1.20. The quantitative estimate of drug-likeness (QED) is 0.123. The van der Waals surface area contributed by atoms with Gasteiger partial charge in [-0.1, -0.05) is 25.7 Å². The Kier molecular flexibility index (Phi) is 13.2. The van der Waals surface area contributed by atoms with E-state index in [2.05, 4.69) is 47.7 Å². The van der Waals surface area contributed by atoms with Gasteiger partial charge in [0.25, 0.3) is 0 Å². The maximum Gasteiger partial charge on any atom is 0.407 e. The van der Waals surface area contributed by atoms with Gasteiger partial charge >= 0.3 is 18.2 Å². The fourth-order valence-electron chi connectivity index (χ4n) is 6.15. The molecular formula is C36H55N3O9Si. The number of nitrogens with one attached hydrogen (secondary N) is 1. The highest BCUT2D eigenvalue weighted by molar-refractivity contribution is 6.76.